The Morgan fingerprint density at radius 1 is 1.33 bits per heavy atom. The summed E-state index contributed by atoms with van der Waals surface area (Å²) in [5.41, 5.74) is 2.10. The van der Waals surface area contributed by atoms with Gasteiger partial charge in [-0.2, -0.15) is 0 Å². The standard InChI is InChI=1S/C15H14BrNO3S/c1-9-5-13(21-14(9)16)15(18)17(2)7-10-3-4-11-12(6-10)20-8-19-11/h3-6H,7-8H2,1-2H3. The fourth-order valence-electron chi connectivity index (χ4n) is 2.14. The number of amides is 1. The molecule has 0 atom stereocenters. The molecule has 0 radical (unpaired) electrons. The van der Waals surface area contributed by atoms with E-state index in [1.54, 1.807) is 11.9 Å². The summed E-state index contributed by atoms with van der Waals surface area (Å²) in [6.45, 7) is 2.77. The van der Waals surface area contributed by atoms with Crippen molar-refractivity contribution in [3.63, 3.8) is 0 Å². The van der Waals surface area contributed by atoms with E-state index in [0.717, 1.165) is 31.3 Å². The maximum absolute atomic E-state index is 12.4. The summed E-state index contributed by atoms with van der Waals surface area (Å²) in [5, 5.41) is 0. The highest BCUT2D eigenvalue weighted by atomic mass is 79.9. The predicted octanol–water partition coefficient (Wildman–Crippen LogP) is 3.82. The predicted molar refractivity (Wildman–Crippen MR) is 85.1 cm³/mol. The van der Waals surface area contributed by atoms with Gasteiger partial charge in [0.25, 0.3) is 5.91 Å². The Labute approximate surface area is 135 Å². The lowest BCUT2D eigenvalue weighted by Crippen LogP contribution is -2.25. The fraction of sp³-hybridized carbons (Fsp3) is 0.267. The van der Waals surface area contributed by atoms with Gasteiger partial charge in [0.15, 0.2) is 11.5 Å². The molecule has 2 heterocycles. The Morgan fingerprint density at radius 2 is 2.10 bits per heavy atom. The lowest BCUT2D eigenvalue weighted by atomic mass is 10.2. The summed E-state index contributed by atoms with van der Waals surface area (Å²) in [6, 6.07) is 7.66. The van der Waals surface area contributed by atoms with E-state index in [-0.39, 0.29) is 12.7 Å². The zero-order chi connectivity index (χ0) is 15.0. The van der Waals surface area contributed by atoms with Crippen LogP contribution >= 0.6 is 27.3 Å². The average molecular weight is 368 g/mol. The third-order valence-corrected chi connectivity index (χ3v) is 5.40. The lowest BCUT2D eigenvalue weighted by Gasteiger charge is -2.16. The van der Waals surface area contributed by atoms with E-state index >= 15 is 0 Å². The molecule has 0 unspecified atom stereocenters. The molecule has 1 aromatic heterocycles. The van der Waals surface area contributed by atoms with Crippen LogP contribution in [-0.4, -0.2) is 24.6 Å². The molecule has 0 spiro atoms. The molecule has 1 amide bonds. The minimum Gasteiger partial charge on any atom is -0.454 e. The Morgan fingerprint density at radius 3 is 2.81 bits per heavy atom. The molecular formula is C15H14BrNO3S. The third-order valence-electron chi connectivity index (χ3n) is 3.27. The van der Waals surface area contributed by atoms with Crippen LogP contribution < -0.4 is 9.47 Å². The topological polar surface area (TPSA) is 38.8 Å². The molecule has 1 aliphatic rings. The van der Waals surface area contributed by atoms with E-state index in [2.05, 4.69) is 15.9 Å². The number of fused-ring (bicyclic) bond motifs is 1. The van der Waals surface area contributed by atoms with Gasteiger partial charge in [0.2, 0.25) is 6.79 Å². The number of rotatable bonds is 3. The number of carbonyl (C=O) groups excluding carboxylic acids is 1. The minimum atomic E-state index is 0.0199. The second kappa shape index (κ2) is 5.69. The van der Waals surface area contributed by atoms with Gasteiger partial charge in [0.05, 0.1) is 8.66 Å². The molecule has 1 aliphatic heterocycles. The summed E-state index contributed by atoms with van der Waals surface area (Å²) >= 11 is 4.91. The number of halogens is 1. The van der Waals surface area contributed by atoms with Crippen LogP contribution in [-0.2, 0) is 6.54 Å². The average Bonchev–Trinajstić information content (AvgIpc) is 3.04. The first kappa shape index (κ1) is 14.4. The summed E-state index contributed by atoms with van der Waals surface area (Å²) in [7, 11) is 1.80. The van der Waals surface area contributed by atoms with Gasteiger partial charge in [-0.1, -0.05) is 6.07 Å². The Balaban J connectivity index is 1.73. The van der Waals surface area contributed by atoms with E-state index in [1.165, 1.54) is 11.3 Å². The molecule has 0 saturated heterocycles. The van der Waals surface area contributed by atoms with Crippen LogP contribution in [0.25, 0.3) is 0 Å². The summed E-state index contributed by atoms with van der Waals surface area (Å²) < 4.78 is 11.6. The largest absolute Gasteiger partial charge is 0.454 e. The zero-order valence-electron chi connectivity index (χ0n) is 11.7. The molecule has 4 nitrogen and oxygen atoms in total. The third kappa shape index (κ3) is 2.91. The van der Waals surface area contributed by atoms with Gasteiger partial charge in [-0.3, -0.25) is 4.79 Å². The Bertz CT molecular complexity index is 679. The lowest BCUT2D eigenvalue weighted by molar-refractivity contribution is 0.0789. The van der Waals surface area contributed by atoms with Crippen molar-refractivity contribution in [2.75, 3.05) is 13.8 Å². The first-order valence-electron chi connectivity index (χ1n) is 6.44. The monoisotopic (exact) mass is 367 g/mol. The second-order valence-corrected chi connectivity index (χ2v) is 7.29. The van der Waals surface area contributed by atoms with Gasteiger partial charge in [-0.05, 0) is 52.2 Å². The van der Waals surface area contributed by atoms with Crippen molar-refractivity contribution in [1.82, 2.24) is 4.90 Å². The molecule has 0 saturated carbocycles. The first-order chi connectivity index (χ1) is 10.0. The Hall–Kier alpha value is -1.53. The number of ether oxygens (including phenoxy) is 2. The molecule has 0 aliphatic carbocycles. The molecule has 0 fully saturated rings. The summed E-state index contributed by atoms with van der Waals surface area (Å²) in [5.74, 6) is 1.51. The number of thiophene rings is 1. The molecule has 0 N–H and O–H groups in total. The van der Waals surface area contributed by atoms with E-state index in [0.29, 0.717) is 6.54 Å². The van der Waals surface area contributed by atoms with Gasteiger partial charge >= 0.3 is 0 Å². The van der Waals surface area contributed by atoms with Crippen LogP contribution in [0.1, 0.15) is 20.8 Å². The molecular weight excluding hydrogens is 354 g/mol. The molecule has 110 valence electrons. The van der Waals surface area contributed by atoms with Gasteiger partial charge < -0.3 is 14.4 Å². The van der Waals surface area contributed by atoms with Crippen LogP contribution in [0.5, 0.6) is 11.5 Å². The van der Waals surface area contributed by atoms with Gasteiger partial charge in [0, 0.05) is 13.6 Å². The maximum Gasteiger partial charge on any atom is 0.264 e. The maximum atomic E-state index is 12.4. The van der Waals surface area contributed by atoms with E-state index in [1.807, 2.05) is 31.2 Å². The van der Waals surface area contributed by atoms with Crippen molar-refractivity contribution >= 4 is 33.2 Å². The highest BCUT2D eigenvalue weighted by molar-refractivity contribution is 9.11. The fourth-order valence-corrected chi connectivity index (χ4v) is 3.67. The van der Waals surface area contributed by atoms with Crippen molar-refractivity contribution < 1.29 is 14.3 Å². The number of hydrogen-bond acceptors (Lipinski definition) is 4. The molecule has 21 heavy (non-hydrogen) atoms. The van der Waals surface area contributed by atoms with Crippen LogP contribution in [0.2, 0.25) is 0 Å². The second-order valence-electron chi connectivity index (χ2n) is 4.92. The van der Waals surface area contributed by atoms with E-state index in [4.69, 9.17) is 9.47 Å². The minimum absolute atomic E-state index is 0.0199. The zero-order valence-corrected chi connectivity index (χ0v) is 14.1. The summed E-state index contributed by atoms with van der Waals surface area (Å²) in [6.07, 6.45) is 0. The van der Waals surface area contributed by atoms with Crippen LogP contribution in [0.15, 0.2) is 28.1 Å². The van der Waals surface area contributed by atoms with Crippen LogP contribution in [0.4, 0.5) is 0 Å². The number of aryl methyl sites for hydroxylation is 1. The normalized spacial score (nSPS) is 12.5. The van der Waals surface area contributed by atoms with Gasteiger partial charge in [-0.15, -0.1) is 11.3 Å². The van der Waals surface area contributed by atoms with Crippen molar-refractivity contribution in [2.45, 2.75) is 13.5 Å². The van der Waals surface area contributed by atoms with E-state index < -0.39 is 0 Å². The van der Waals surface area contributed by atoms with Crippen molar-refractivity contribution in [2.24, 2.45) is 0 Å². The van der Waals surface area contributed by atoms with Gasteiger partial charge in [0.1, 0.15) is 0 Å². The highest BCUT2D eigenvalue weighted by Gasteiger charge is 2.18. The van der Waals surface area contributed by atoms with Crippen molar-refractivity contribution in [3.8, 4) is 11.5 Å². The Kier molecular flexibility index (Phi) is 3.91. The number of hydrogen-bond donors (Lipinski definition) is 0. The molecule has 1 aromatic carbocycles. The molecule has 6 heteroatoms. The van der Waals surface area contributed by atoms with E-state index in [9.17, 15) is 4.79 Å². The van der Waals surface area contributed by atoms with Crippen LogP contribution in [0, 0.1) is 6.92 Å². The molecule has 3 rings (SSSR count). The highest BCUT2D eigenvalue weighted by Crippen LogP contribution is 2.33. The SMILES string of the molecule is Cc1cc(C(=O)N(C)Cc2ccc3c(c2)OCO3)sc1Br. The molecule has 2 aromatic rings. The van der Waals surface area contributed by atoms with Crippen molar-refractivity contribution in [1.29, 1.82) is 0 Å². The van der Waals surface area contributed by atoms with Crippen molar-refractivity contribution in [3.05, 3.63) is 44.1 Å². The quantitative estimate of drug-likeness (QED) is 0.827. The number of nitrogens with zero attached hydrogens (tertiary/aromatic N) is 1. The number of carbonyl (C=O) groups is 1. The smallest absolute Gasteiger partial charge is 0.264 e. The van der Waals surface area contributed by atoms with Crippen LogP contribution in [0.3, 0.4) is 0 Å². The first-order valence-corrected chi connectivity index (χ1v) is 8.05. The molecule has 0 bridgehead atoms. The van der Waals surface area contributed by atoms with Gasteiger partial charge in [-0.25, -0.2) is 0 Å². The summed E-state index contributed by atoms with van der Waals surface area (Å²) in [4.78, 5) is 14.9. The number of benzene rings is 1.